The Morgan fingerprint density at radius 1 is 1.00 bits per heavy atom. The van der Waals surface area contributed by atoms with Crippen molar-refractivity contribution in [1.29, 1.82) is 0 Å². The monoisotopic (exact) mass is 218 g/mol. The molecular formula is C12H14N2O2. The molecule has 0 N–H and O–H groups in total. The zero-order chi connectivity index (χ0) is 12.2. The number of hydrogen-bond donors (Lipinski definition) is 0. The Balaban J connectivity index is 0.00000106. The highest BCUT2D eigenvalue weighted by molar-refractivity contribution is 5.35. The Bertz CT molecular complexity index is 368. The standard InChI is InChI=1S/C10H8N2O2.C2H6/c13-7-11-5-9-2-1-3-10(4-9)6-12-8-14;1-2/h1-4H,5-6H2;1-2H3. The molecule has 0 heterocycles. The summed E-state index contributed by atoms with van der Waals surface area (Å²) in [6.07, 6.45) is 2.94. The van der Waals surface area contributed by atoms with Gasteiger partial charge in [-0.25, -0.2) is 19.6 Å². The first-order valence-electron chi connectivity index (χ1n) is 5.02. The highest BCUT2D eigenvalue weighted by Gasteiger charge is 1.94. The van der Waals surface area contributed by atoms with Gasteiger partial charge in [-0.05, 0) is 11.1 Å². The third-order valence-corrected chi connectivity index (χ3v) is 1.64. The molecule has 4 nitrogen and oxygen atoms in total. The smallest absolute Gasteiger partial charge is 0.211 e. The predicted octanol–water partition coefficient (Wildman–Crippen LogP) is 2.38. The van der Waals surface area contributed by atoms with Crippen molar-refractivity contribution >= 4 is 12.2 Å². The van der Waals surface area contributed by atoms with Gasteiger partial charge in [-0.1, -0.05) is 38.1 Å². The molecule has 0 aliphatic rings. The van der Waals surface area contributed by atoms with Gasteiger partial charge in [0.25, 0.3) is 0 Å². The van der Waals surface area contributed by atoms with E-state index in [1.54, 1.807) is 0 Å². The van der Waals surface area contributed by atoms with E-state index >= 15 is 0 Å². The fraction of sp³-hybridized carbons (Fsp3) is 0.333. The second-order valence-electron chi connectivity index (χ2n) is 2.63. The zero-order valence-corrected chi connectivity index (χ0v) is 9.43. The van der Waals surface area contributed by atoms with Crippen molar-refractivity contribution in [2.45, 2.75) is 26.9 Å². The molecule has 0 aliphatic heterocycles. The van der Waals surface area contributed by atoms with Gasteiger partial charge in [0, 0.05) is 0 Å². The van der Waals surface area contributed by atoms with Crippen molar-refractivity contribution in [2.75, 3.05) is 0 Å². The Morgan fingerprint density at radius 2 is 1.44 bits per heavy atom. The number of benzene rings is 1. The maximum absolute atomic E-state index is 9.87. The van der Waals surface area contributed by atoms with E-state index in [0.717, 1.165) is 11.1 Å². The molecule has 0 saturated carbocycles. The highest BCUT2D eigenvalue weighted by Crippen LogP contribution is 2.07. The fourth-order valence-corrected chi connectivity index (χ4v) is 1.07. The van der Waals surface area contributed by atoms with E-state index < -0.39 is 0 Å². The summed E-state index contributed by atoms with van der Waals surface area (Å²) < 4.78 is 0. The minimum absolute atomic E-state index is 0.308. The molecule has 84 valence electrons. The topological polar surface area (TPSA) is 58.9 Å². The molecule has 0 amide bonds. The van der Waals surface area contributed by atoms with E-state index in [-0.39, 0.29) is 0 Å². The van der Waals surface area contributed by atoms with Crippen molar-refractivity contribution in [2.24, 2.45) is 9.98 Å². The van der Waals surface area contributed by atoms with Gasteiger partial charge in [0.15, 0.2) is 0 Å². The highest BCUT2D eigenvalue weighted by atomic mass is 16.1. The van der Waals surface area contributed by atoms with Crippen LogP contribution in [0.25, 0.3) is 0 Å². The van der Waals surface area contributed by atoms with Gasteiger partial charge >= 0.3 is 0 Å². The quantitative estimate of drug-likeness (QED) is 0.575. The summed E-state index contributed by atoms with van der Waals surface area (Å²) in [5.41, 5.74) is 1.79. The minimum Gasteiger partial charge on any atom is -0.211 e. The lowest BCUT2D eigenvalue weighted by molar-refractivity contribution is 0.562. The van der Waals surface area contributed by atoms with Crippen molar-refractivity contribution in [3.8, 4) is 0 Å². The van der Waals surface area contributed by atoms with Crippen LogP contribution in [0.3, 0.4) is 0 Å². The van der Waals surface area contributed by atoms with Crippen LogP contribution in [-0.4, -0.2) is 12.2 Å². The van der Waals surface area contributed by atoms with E-state index in [1.165, 1.54) is 12.2 Å². The van der Waals surface area contributed by atoms with Crippen LogP contribution >= 0.6 is 0 Å². The van der Waals surface area contributed by atoms with Crippen LogP contribution in [0.4, 0.5) is 0 Å². The molecule has 0 radical (unpaired) electrons. The van der Waals surface area contributed by atoms with Gasteiger partial charge in [-0.15, -0.1) is 0 Å². The first kappa shape index (κ1) is 14.0. The summed E-state index contributed by atoms with van der Waals surface area (Å²) in [7, 11) is 0. The van der Waals surface area contributed by atoms with E-state index in [1.807, 2.05) is 38.1 Å². The Hall–Kier alpha value is -2.02. The molecule has 0 bridgehead atoms. The van der Waals surface area contributed by atoms with Crippen molar-refractivity contribution in [1.82, 2.24) is 0 Å². The third kappa shape index (κ3) is 5.66. The fourth-order valence-electron chi connectivity index (χ4n) is 1.07. The van der Waals surface area contributed by atoms with E-state index in [2.05, 4.69) is 9.98 Å². The van der Waals surface area contributed by atoms with Crippen molar-refractivity contribution in [3.63, 3.8) is 0 Å². The number of isocyanates is 2. The molecule has 0 saturated heterocycles. The Morgan fingerprint density at radius 3 is 1.81 bits per heavy atom. The van der Waals surface area contributed by atoms with Gasteiger partial charge in [-0.2, -0.15) is 0 Å². The lowest BCUT2D eigenvalue weighted by Gasteiger charge is -1.98. The SMILES string of the molecule is CC.O=C=NCc1cccc(CN=C=O)c1. The van der Waals surface area contributed by atoms with Gasteiger partial charge < -0.3 is 0 Å². The number of nitrogens with zero attached hydrogens (tertiary/aromatic N) is 2. The Labute approximate surface area is 94.7 Å². The van der Waals surface area contributed by atoms with E-state index in [4.69, 9.17) is 0 Å². The Kier molecular flexibility index (Phi) is 8.33. The van der Waals surface area contributed by atoms with Gasteiger partial charge in [-0.3, -0.25) is 0 Å². The van der Waals surface area contributed by atoms with Crippen LogP contribution in [-0.2, 0) is 22.7 Å². The molecule has 0 aliphatic carbocycles. The molecule has 0 aromatic heterocycles. The van der Waals surface area contributed by atoms with Crippen molar-refractivity contribution < 1.29 is 9.59 Å². The van der Waals surface area contributed by atoms with Crippen molar-refractivity contribution in [3.05, 3.63) is 35.4 Å². The second-order valence-corrected chi connectivity index (χ2v) is 2.63. The first-order valence-corrected chi connectivity index (χ1v) is 5.02. The molecule has 0 unspecified atom stereocenters. The molecule has 0 fully saturated rings. The maximum atomic E-state index is 9.87. The number of hydrogen-bond acceptors (Lipinski definition) is 4. The van der Waals surface area contributed by atoms with Crippen LogP contribution in [0.15, 0.2) is 34.3 Å². The summed E-state index contributed by atoms with van der Waals surface area (Å²) in [6, 6.07) is 7.34. The van der Waals surface area contributed by atoms with Crippen LogP contribution in [0.1, 0.15) is 25.0 Å². The van der Waals surface area contributed by atoms with E-state index in [0.29, 0.717) is 13.1 Å². The summed E-state index contributed by atoms with van der Waals surface area (Å²) in [6.45, 7) is 4.62. The van der Waals surface area contributed by atoms with Crippen LogP contribution in [0.5, 0.6) is 0 Å². The van der Waals surface area contributed by atoms with E-state index in [9.17, 15) is 9.59 Å². The van der Waals surface area contributed by atoms with Crippen LogP contribution < -0.4 is 0 Å². The zero-order valence-electron chi connectivity index (χ0n) is 9.43. The maximum Gasteiger partial charge on any atom is 0.235 e. The largest absolute Gasteiger partial charge is 0.235 e. The third-order valence-electron chi connectivity index (χ3n) is 1.64. The molecular weight excluding hydrogens is 204 g/mol. The van der Waals surface area contributed by atoms with Gasteiger partial charge in [0.1, 0.15) is 0 Å². The van der Waals surface area contributed by atoms with Gasteiger partial charge in [0.05, 0.1) is 13.1 Å². The predicted molar refractivity (Wildman–Crippen MR) is 61.4 cm³/mol. The first-order chi connectivity index (χ1) is 7.86. The lowest BCUT2D eigenvalue weighted by atomic mass is 10.1. The lowest BCUT2D eigenvalue weighted by Crippen LogP contribution is -1.85. The summed E-state index contributed by atoms with van der Waals surface area (Å²) in [4.78, 5) is 26.6. The number of aliphatic imine (C=N–C) groups is 2. The van der Waals surface area contributed by atoms with Crippen LogP contribution in [0.2, 0.25) is 0 Å². The molecule has 1 aromatic rings. The molecule has 1 aromatic carbocycles. The summed E-state index contributed by atoms with van der Waals surface area (Å²) in [5, 5.41) is 0. The average Bonchev–Trinajstić information content (AvgIpc) is 2.37. The minimum atomic E-state index is 0.308. The van der Waals surface area contributed by atoms with Gasteiger partial charge in [0.2, 0.25) is 12.2 Å². The second kappa shape index (κ2) is 9.53. The number of carbonyl (C=O) groups excluding carboxylic acids is 2. The molecule has 0 atom stereocenters. The van der Waals surface area contributed by atoms with Crippen LogP contribution in [0, 0.1) is 0 Å². The molecule has 1 rings (SSSR count). The number of rotatable bonds is 4. The molecule has 16 heavy (non-hydrogen) atoms. The average molecular weight is 218 g/mol. The summed E-state index contributed by atoms with van der Waals surface area (Å²) >= 11 is 0. The molecule has 0 spiro atoms. The summed E-state index contributed by atoms with van der Waals surface area (Å²) in [5.74, 6) is 0. The molecule has 4 heteroatoms. The normalized spacial score (nSPS) is 7.88.